The highest BCUT2D eigenvalue weighted by molar-refractivity contribution is 5.94. The summed E-state index contributed by atoms with van der Waals surface area (Å²) in [5.41, 5.74) is 0. The molecule has 98 valence electrons. The topological polar surface area (TPSA) is 58.6 Å². The molecule has 0 aromatic rings. The largest absolute Gasteiger partial charge is 0.384 e. The summed E-state index contributed by atoms with van der Waals surface area (Å²) in [6.07, 6.45) is 1.60. The van der Waals surface area contributed by atoms with E-state index in [1.54, 1.807) is 12.0 Å². The first-order chi connectivity index (χ1) is 8.08. The molecule has 1 aliphatic heterocycles. The molecule has 1 rings (SSSR count). The van der Waals surface area contributed by atoms with Gasteiger partial charge in [-0.2, -0.15) is 0 Å². The number of nitrogens with zero attached hydrogens (tertiary/aromatic N) is 1. The van der Waals surface area contributed by atoms with Gasteiger partial charge in [-0.1, -0.05) is 20.3 Å². The van der Waals surface area contributed by atoms with Crippen LogP contribution in [0.15, 0.2) is 0 Å². The Labute approximate surface area is 102 Å². The van der Waals surface area contributed by atoms with Crippen molar-refractivity contribution in [1.29, 1.82) is 0 Å². The van der Waals surface area contributed by atoms with E-state index in [1.807, 2.05) is 13.8 Å². The van der Waals surface area contributed by atoms with Crippen molar-refractivity contribution >= 4 is 11.8 Å². The maximum atomic E-state index is 12.1. The van der Waals surface area contributed by atoms with Crippen LogP contribution in [0, 0.1) is 5.92 Å². The van der Waals surface area contributed by atoms with E-state index in [-0.39, 0.29) is 30.3 Å². The van der Waals surface area contributed by atoms with E-state index < -0.39 is 0 Å². The van der Waals surface area contributed by atoms with Gasteiger partial charge in [0.05, 0.1) is 13.2 Å². The molecule has 0 aromatic heterocycles. The third kappa shape index (κ3) is 4.00. The lowest BCUT2D eigenvalue weighted by atomic mass is 10.1. The van der Waals surface area contributed by atoms with Gasteiger partial charge in [-0.25, -0.2) is 0 Å². The smallest absolute Gasteiger partial charge is 0.245 e. The van der Waals surface area contributed by atoms with Crippen LogP contribution < -0.4 is 5.32 Å². The molecule has 1 fully saturated rings. The van der Waals surface area contributed by atoms with Crippen molar-refractivity contribution in [2.24, 2.45) is 5.92 Å². The van der Waals surface area contributed by atoms with Crippen LogP contribution in [0.2, 0.25) is 0 Å². The fraction of sp³-hybridized carbons (Fsp3) is 0.833. The molecule has 2 atom stereocenters. The predicted molar refractivity (Wildman–Crippen MR) is 64.5 cm³/mol. The fourth-order valence-corrected chi connectivity index (χ4v) is 2.13. The highest BCUT2D eigenvalue weighted by Crippen LogP contribution is 2.10. The summed E-state index contributed by atoms with van der Waals surface area (Å²) in [4.78, 5) is 25.2. The molecule has 5 heteroatoms. The molecule has 0 aliphatic carbocycles. The molecule has 0 radical (unpaired) electrons. The van der Waals surface area contributed by atoms with Gasteiger partial charge >= 0.3 is 0 Å². The second kappa shape index (κ2) is 6.59. The standard InChI is InChI=1S/C12H22N2O3/c1-4-5-10-12(16)14(7-11(15)13-10)6-9(2)8-17-3/h9-10H,4-8H2,1-3H3,(H,13,15). The lowest BCUT2D eigenvalue weighted by Crippen LogP contribution is -2.58. The Morgan fingerprint density at radius 1 is 1.53 bits per heavy atom. The number of methoxy groups -OCH3 is 1. The number of amides is 2. The van der Waals surface area contributed by atoms with E-state index >= 15 is 0 Å². The van der Waals surface area contributed by atoms with Crippen molar-refractivity contribution in [3.63, 3.8) is 0 Å². The molecule has 1 heterocycles. The minimum atomic E-state index is -0.337. The van der Waals surface area contributed by atoms with Gasteiger partial charge < -0.3 is 15.0 Å². The van der Waals surface area contributed by atoms with Crippen LogP contribution in [-0.4, -0.2) is 49.6 Å². The molecule has 0 saturated carbocycles. The van der Waals surface area contributed by atoms with Crippen molar-refractivity contribution in [3.05, 3.63) is 0 Å². The zero-order chi connectivity index (χ0) is 12.8. The fourth-order valence-electron chi connectivity index (χ4n) is 2.13. The number of carbonyl (C=O) groups excluding carboxylic acids is 2. The first-order valence-electron chi connectivity index (χ1n) is 6.15. The van der Waals surface area contributed by atoms with Gasteiger partial charge in [-0.15, -0.1) is 0 Å². The first-order valence-corrected chi connectivity index (χ1v) is 6.15. The van der Waals surface area contributed by atoms with Gasteiger partial charge in [-0.3, -0.25) is 9.59 Å². The molecule has 2 amide bonds. The summed E-state index contributed by atoms with van der Waals surface area (Å²) in [5, 5.41) is 2.74. The van der Waals surface area contributed by atoms with Gasteiger partial charge in [-0.05, 0) is 12.3 Å². The summed E-state index contributed by atoms with van der Waals surface area (Å²) in [6.45, 7) is 5.38. The van der Waals surface area contributed by atoms with E-state index in [0.717, 1.165) is 6.42 Å². The maximum Gasteiger partial charge on any atom is 0.245 e. The third-order valence-corrected chi connectivity index (χ3v) is 2.84. The summed E-state index contributed by atoms with van der Waals surface area (Å²) >= 11 is 0. The second-order valence-electron chi connectivity index (χ2n) is 4.69. The van der Waals surface area contributed by atoms with Crippen LogP contribution in [0.1, 0.15) is 26.7 Å². The number of carbonyl (C=O) groups is 2. The molecule has 2 unspecified atom stereocenters. The molecule has 0 aromatic carbocycles. The van der Waals surface area contributed by atoms with Crippen LogP contribution in [0.3, 0.4) is 0 Å². The Hall–Kier alpha value is -1.10. The third-order valence-electron chi connectivity index (χ3n) is 2.84. The van der Waals surface area contributed by atoms with Gasteiger partial charge in [0.1, 0.15) is 6.04 Å². The lowest BCUT2D eigenvalue weighted by Gasteiger charge is -2.33. The molecular formula is C12H22N2O3. The monoisotopic (exact) mass is 242 g/mol. The quantitative estimate of drug-likeness (QED) is 0.733. The number of nitrogens with one attached hydrogen (secondary N) is 1. The Kier molecular flexibility index (Phi) is 5.41. The molecule has 0 spiro atoms. The van der Waals surface area contributed by atoms with Crippen LogP contribution >= 0.6 is 0 Å². The van der Waals surface area contributed by atoms with Gasteiger partial charge in [0, 0.05) is 13.7 Å². The predicted octanol–water partition coefficient (Wildman–Crippen LogP) is 0.396. The zero-order valence-electron chi connectivity index (χ0n) is 10.9. The maximum absolute atomic E-state index is 12.1. The van der Waals surface area contributed by atoms with Crippen molar-refractivity contribution in [3.8, 4) is 0 Å². The minimum Gasteiger partial charge on any atom is -0.384 e. The highest BCUT2D eigenvalue weighted by Gasteiger charge is 2.32. The van der Waals surface area contributed by atoms with Crippen molar-refractivity contribution in [2.75, 3.05) is 26.8 Å². The average molecular weight is 242 g/mol. The van der Waals surface area contributed by atoms with Crippen LogP contribution in [0.25, 0.3) is 0 Å². The van der Waals surface area contributed by atoms with E-state index in [0.29, 0.717) is 19.6 Å². The average Bonchev–Trinajstić information content (AvgIpc) is 2.25. The van der Waals surface area contributed by atoms with Gasteiger partial charge in [0.2, 0.25) is 11.8 Å². The number of rotatable bonds is 6. The Bertz CT molecular complexity index is 281. The zero-order valence-corrected chi connectivity index (χ0v) is 10.9. The summed E-state index contributed by atoms with van der Waals surface area (Å²) in [5.74, 6) is 0.221. The molecule has 5 nitrogen and oxygen atoms in total. The van der Waals surface area contributed by atoms with E-state index in [2.05, 4.69) is 5.32 Å². The summed E-state index contributed by atoms with van der Waals surface area (Å²) in [7, 11) is 1.64. The Morgan fingerprint density at radius 2 is 2.24 bits per heavy atom. The van der Waals surface area contributed by atoms with Crippen molar-refractivity contribution in [2.45, 2.75) is 32.7 Å². The molecule has 1 aliphatic rings. The summed E-state index contributed by atoms with van der Waals surface area (Å²) in [6, 6.07) is -0.337. The van der Waals surface area contributed by atoms with Gasteiger partial charge in [0.25, 0.3) is 0 Å². The number of hydrogen-bond donors (Lipinski definition) is 1. The first kappa shape index (κ1) is 14.0. The molecule has 0 bridgehead atoms. The second-order valence-corrected chi connectivity index (χ2v) is 4.69. The van der Waals surface area contributed by atoms with E-state index in [9.17, 15) is 9.59 Å². The van der Waals surface area contributed by atoms with Gasteiger partial charge in [0.15, 0.2) is 0 Å². The van der Waals surface area contributed by atoms with E-state index in [1.165, 1.54) is 0 Å². The normalized spacial score (nSPS) is 22.5. The molecular weight excluding hydrogens is 220 g/mol. The van der Waals surface area contributed by atoms with E-state index in [4.69, 9.17) is 4.74 Å². The van der Waals surface area contributed by atoms with Crippen molar-refractivity contribution in [1.82, 2.24) is 10.2 Å². The molecule has 17 heavy (non-hydrogen) atoms. The number of ether oxygens (including phenoxy) is 1. The minimum absolute atomic E-state index is 0.0365. The van der Waals surface area contributed by atoms with Crippen LogP contribution in [-0.2, 0) is 14.3 Å². The lowest BCUT2D eigenvalue weighted by molar-refractivity contribution is -0.145. The Balaban J connectivity index is 2.57. The molecule has 1 saturated heterocycles. The SMILES string of the molecule is CCCC1NC(=O)CN(CC(C)COC)C1=O. The van der Waals surface area contributed by atoms with Crippen molar-refractivity contribution < 1.29 is 14.3 Å². The Morgan fingerprint density at radius 3 is 2.82 bits per heavy atom. The summed E-state index contributed by atoms with van der Waals surface area (Å²) < 4.78 is 5.04. The van der Waals surface area contributed by atoms with Crippen LogP contribution in [0.5, 0.6) is 0 Å². The van der Waals surface area contributed by atoms with Crippen LogP contribution in [0.4, 0.5) is 0 Å². The number of piperazine rings is 1. The number of hydrogen-bond acceptors (Lipinski definition) is 3. The highest BCUT2D eigenvalue weighted by atomic mass is 16.5. The molecule has 1 N–H and O–H groups in total.